The normalized spacial score (nSPS) is 31.2. The van der Waals surface area contributed by atoms with Gasteiger partial charge in [0.1, 0.15) is 0 Å². The molecule has 2 atom stereocenters. The molecule has 2 rings (SSSR count). The van der Waals surface area contributed by atoms with E-state index in [0.717, 1.165) is 18.8 Å². The number of carbonyl (C=O) groups is 1. The predicted octanol–water partition coefficient (Wildman–Crippen LogP) is 3.60. The monoisotopic (exact) mass is 237 g/mol. The lowest BCUT2D eigenvalue weighted by Gasteiger charge is -2.35. The Morgan fingerprint density at radius 2 is 1.71 bits per heavy atom. The lowest BCUT2D eigenvalue weighted by molar-refractivity contribution is -0.138. The molecule has 0 bridgehead atoms. The van der Waals surface area contributed by atoms with Gasteiger partial charge in [0, 0.05) is 19.0 Å². The number of nitrogens with zero attached hydrogens (tertiary/aromatic N) is 1. The molecule has 2 heteroatoms. The fourth-order valence-corrected chi connectivity index (χ4v) is 3.59. The molecule has 2 aliphatic rings. The molecule has 0 aliphatic heterocycles. The summed E-state index contributed by atoms with van der Waals surface area (Å²) in [4.78, 5) is 14.6. The summed E-state index contributed by atoms with van der Waals surface area (Å²) in [6.07, 6.45) is 11.2. The van der Waals surface area contributed by atoms with Crippen molar-refractivity contribution < 1.29 is 4.79 Å². The summed E-state index contributed by atoms with van der Waals surface area (Å²) in [5.74, 6) is 1.51. The van der Waals surface area contributed by atoms with Crippen molar-refractivity contribution in [3.05, 3.63) is 0 Å². The Balaban J connectivity index is 1.89. The van der Waals surface area contributed by atoms with Crippen molar-refractivity contribution in [1.29, 1.82) is 0 Å². The van der Waals surface area contributed by atoms with Gasteiger partial charge in [0.25, 0.3) is 0 Å². The van der Waals surface area contributed by atoms with Crippen LogP contribution in [0.3, 0.4) is 0 Å². The van der Waals surface area contributed by atoms with Gasteiger partial charge in [0.05, 0.1) is 0 Å². The molecular formula is C15H27NO. The van der Waals surface area contributed by atoms with Gasteiger partial charge < -0.3 is 4.90 Å². The maximum absolute atomic E-state index is 12.5. The predicted molar refractivity (Wildman–Crippen MR) is 70.8 cm³/mol. The van der Waals surface area contributed by atoms with Crippen LogP contribution in [0, 0.1) is 11.8 Å². The molecule has 1 amide bonds. The molecule has 98 valence electrons. The maximum atomic E-state index is 12.5. The van der Waals surface area contributed by atoms with Crippen molar-refractivity contribution in [3.63, 3.8) is 0 Å². The molecule has 17 heavy (non-hydrogen) atoms. The fourth-order valence-electron chi connectivity index (χ4n) is 3.59. The second-order valence-electron chi connectivity index (χ2n) is 6.21. The van der Waals surface area contributed by atoms with E-state index in [1.165, 1.54) is 44.9 Å². The number of hydrogen-bond donors (Lipinski definition) is 0. The average molecular weight is 237 g/mol. The SMILES string of the molecule is CC1CCCC(C(=O)N(C)C2CCCCC2)C1. The van der Waals surface area contributed by atoms with Crippen LogP contribution in [0.1, 0.15) is 64.7 Å². The van der Waals surface area contributed by atoms with Gasteiger partial charge in [-0.15, -0.1) is 0 Å². The third-order valence-electron chi connectivity index (χ3n) is 4.76. The molecule has 0 aromatic rings. The molecule has 2 fully saturated rings. The molecule has 0 aromatic heterocycles. The molecule has 2 nitrogen and oxygen atoms in total. The van der Waals surface area contributed by atoms with Crippen LogP contribution in [-0.4, -0.2) is 23.9 Å². The molecule has 0 spiro atoms. The van der Waals surface area contributed by atoms with E-state index >= 15 is 0 Å². The van der Waals surface area contributed by atoms with Gasteiger partial charge in [0.2, 0.25) is 5.91 Å². The van der Waals surface area contributed by atoms with E-state index in [1.807, 2.05) is 7.05 Å². The molecular weight excluding hydrogens is 210 g/mol. The molecule has 0 N–H and O–H groups in total. The van der Waals surface area contributed by atoms with Crippen LogP contribution in [0.5, 0.6) is 0 Å². The highest BCUT2D eigenvalue weighted by Crippen LogP contribution is 2.31. The van der Waals surface area contributed by atoms with Gasteiger partial charge in [-0.2, -0.15) is 0 Å². The van der Waals surface area contributed by atoms with Crippen molar-refractivity contribution in [2.75, 3.05) is 7.05 Å². The van der Waals surface area contributed by atoms with Crippen molar-refractivity contribution in [2.45, 2.75) is 70.8 Å². The molecule has 2 aliphatic carbocycles. The minimum Gasteiger partial charge on any atom is -0.343 e. The Morgan fingerprint density at radius 1 is 1.00 bits per heavy atom. The van der Waals surface area contributed by atoms with E-state index in [-0.39, 0.29) is 0 Å². The first kappa shape index (κ1) is 12.9. The van der Waals surface area contributed by atoms with Crippen LogP contribution in [0.15, 0.2) is 0 Å². The highest BCUT2D eigenvalue weighted by Gasteiger charge is 2.30. The second kappa shape index (κ2) is 5.88. The quantitative estimate of drug-likeness (QED) is 0.718. The largest absolute Gasteiger partial charge is 0.343 e. The second-order valence-corrected chi connectivity index (χ2v) is 6.21. The third kappa shape index (κ3) is 3.23. The standard InChI is InChI=1S/C15H27NO/c1-12-7-6-8-13(11-12)15(17)16(2)14-9-4-3-5-10-14/h12-14H,3-11H2,1-2H3. The summed E-state index contributed by atoms with van der Waals surface area (Å²) in [5.41, 5.74) is 0. The molecule has 2 unspecified atom stereocenters. The fraction of sp³-hybridized carbons (Fsp3) is 0.933. The first-order valence-corrected chi connectivity index (χ1v) is 7.45. The zero-order valence-corrected chi connectivity index (χ0v) is 11.5. The maximum Gasteiger partial charge on any atom is 0.225 e. The van der Waals surface area contributed by atoms with Gasteiger partial charge in [-0.05, 0) is 31.6 Å². The van der Waals surface area contributed by atoms with E-state index in [0.29, 0.717) is 17.9 Å². The Morgan fingerprint density at radius 3 is 2.35 bits per heavy atom. The lowest BCUT2D eigenvalue weighted by Crippen LogP contribution is -2.42. The molecule has 0 heterocycles. The summed E-state index contributed by atoms with van der Waals surface area (Å²) in [6, 6.07) is 0.536. The summed E-state index contributed by atoms with van der Waals surface area (Å²) >= 11 is 0. The molecule has 2 saturated carbocycles. The van der Waals surface area contributed by atoms with Crippen LogP contribution in [0.2, 0.25) is 0 Å². The smallest absolute Gasteiger partial charge is 0.225 e. The minimum absolute atomic E-state index is 0.325. The number of amides is 1. The van der Waals surface area contributed by atoms with E-state index < -0.39 is 0 Å². The van der Waals surface area contributed by atoms with Crippen molar-refractivity contribution in [3.8, 4) is 0 Å². The molecule has 0 aromatic carbocycles. The summed E-state index contributed by atoms with van der Waals surface area (Å²) in [7, 11) is 2.04. The summed E-state index contributed by atoms with van der Waals surface area (Å²) in [5, 5.41) is 0. The number of carbonyl (C=O) groups excluding carboxylic acids is 1. The summed E-state index contributed by atoms with van der Waals surface area (Å²) < 4.78 is 0. The minimum atomic E-state index is 0.325. The first-order chi connectivity index (χ1) is 8.18. The van der Waals surface area contributed by atoms with E-state index in [1.54, 1.807) is 0 Å². The van der Waals surface area contributed by atoms with Crippen LogP contribution in [-0.2, 0) is 4.79 Å². The first-order valence-electron chi connectivity index (χ1n) is 7.45. The Labute approximate surface area is 106 Å². The lowest BCUT2D eigenvalue weighted by atomic mass is 9.81. The molecule has 0 radical (unpaired) electrons. The highest BCUT2D eigenvalue weighted by atomic mass is 16.2. The van der Waals surface area contributed by atoms with E-state index in [9.17, 15) is 4.79 Å². The van der Waals surface area contributed by atoms with Gasteiger partial charge in [-0.25, -0.2) is 0 Å². The van der Waals surface area contributed by atoms with Crippen molar-refractivity contribution in [1.82, 2.24) is 4.90 Å². The zero-order chi connectivity index (χ0) is 12.3. The van der Waals surface area contributed by atoms with Gasteiger partial charge in [-0.3, -0.25) is 4.79 Å². The topological polar surface area (TPSA) is 20.3 Å². The van der Waals surface area contributed by atoms with Gasteiger partial charge in [0.15, 0.2) is 0 Å². The van der Waals surface area contributed by atoms with Crippen LogP contribution < -0.4 is 0 Å². The Kier molecular flexibility index (Phi) is 4.47. The van der Waals surface area contributed by atoms with Crippen LogP contribution in [0.25, 0.3) is 0 Å². The van der Waals surface area contributed by atoms with Crippen molar-refractivity contribution in [2.24, 2.45) is 11.8 Å². The van der Waals surface area contributed by atoms with Gasteiger partial charge in [-0.1, -0.05) is 39.0 Å². The zero-order valence-electron chi connectivity index (χ0n) is 11.5. The Bertz CT molecular complexity index is 258. The third-order valence-corrected chi connectivity index (χ3v) is 4.76. The Hall–Kier alpha value is -0.530. The van der Waals surface area contributed by atoms with E-state index in [4.69, 9.17) is 0 Å². The van der Waals surface area contributed by atoms with Crippen LogP contribution in [0.4, 0.5) is 0 Å². The highest BCUT2D eigenvalue weighted by molar-refractivity contribution is 5.79. The average Bonchev–Trinajstić information content (AvgIpc) is 2.38. The van der Waals surface area contributed by atoms with E-state index in [2.05, 4.69) is 11.8 Å². The molecule has 0 saturated heterocycles. The number of hydrogen-bond acceptors (Lipinski definition) is 1. The van der Waals surface area contributed by atoms with Crippen LogP contribution >= 0.6 is 0 Å². The van der Waals surface area contributed by atoms with Crippen molar-refractivity contribution >= 4 is 5.91 Å². The summed E-state index contributed by atoms with van der Waals surface area (Å²) in [6.45, 7) is 2.29. The van der Waals surface area contributed by atoms with Gasteiger partial charge >= 0.3 is 0 Å². The number of rotatable bonds is 2.